The molecule has 4 heteroatoms. The smallest absolute Gasteiger partial charge is 0.220 e. The third kappa shape index (κ3) is 6.45. The van der Waals surface area contributed by atoms with Crippen LogP contribution in [0.1, 0.15) is 64.7 Å². The van der Waals surface area contributed by atoms with E-state index in [1.54, 1.807) is 0 Å². The van der Waals surface area contributed by atoms with Gasteiger partial charge in [-0.15, -0.1) is 12.4 Å². The van der Waals surface area contributed by atoms with E-state index in [4.69, 9.17) is 0 Å². The van der Waals surface area contributed by atoms with Gasteiger partial charge >= 0.3 is 0 Å². The minimum absolute atomic E-state index is 0. The van der Waals surface area contributed by atoms with E-state index in [0.29, 0.717) is 6.04 Å². The number of carbonyl (C=O) groups is 1. The lowest BCUT2D eigenvalue weighted by atomic mass is 9.93. The maximum Gasteiger partial charge on any atom is 0.220 e. The largest absolute Gasteiger partial charge is 0.353 e. The van der Waals surface area contributed by atoms with Gasteiger partial charge in [-0.3, -0.25) is 4.79 Å². The number of amides is 1. The third-order valence-corrected chi connectivity index (χ3v) is 4.86. The van der Waals surface area contributed by atoms with E-state index in [-0.39, 0.29) is 18.3 Å². The van der Waals surface area contributed by atoms with Crippen LogP contribution in [0.3, 0.4) is 0 Å². The van der Waals surface area contributed by atoms with Gasteiger partial charge in [-0.1, -0.05) is 19.8 Å². The molecule has 3 nitrogen and oxygen atoms in total. The standard InChI is InChI=1S/C16H30N2O.ClH/c1-13-3-2-4-15(7-5-13)18-16(19)8-6-14-9-11-17-12-10-14;/h13-15,17H,2-12H2,1H3,(H,18,19);1H. The first kappa shape index (κ1) is 17.8. The number of rotatable bonds is 4. The van der Waals surface area contributed by atoms with Gasteiger partial charge in [-0.25, -0.2) is 0 Å². The number of carbonyl (C=O) groups excluding carboxylic acids is 1. The molecule has 0 bridgehead atoms. The van der Waals surface area contributed by atoms with Crippen LogP contribution in [0.15, 0.2) is 0 Å². The molecule has 2 atom stereocenters. The molecule has 1 aliphatic heterocycles. The zero-order chi connectivity index (χ0) is 13.5. The minimum Gasteiger partial charge on any atom is -0.353 e. The van der Waals surface area contributed by atoms with Crippen molar-refractivity contribution in [2.75, 3.05) is 13.1 Å². The second-order valence-corrected chi connectivity index (χ2v) is 6.61. The van der Waals surface area contributed by atoms with Gasteiger partial charge in [0.2, 0.25) is 5.91 Å². The summed E-state index contributed by atoms with van der Waals surface area (Å²) in [5.41, 5.74) is 0. The van der Waals surface area contributed by atoms with E-state index >= 15 is 0 Å². The van der Waals surface area contributed by atoms with Crippen LogP contribution in [0.4, 0.5) is 0 Å². The first-order chi connectivity index (χ1) is 9.24. The first-order valence-corrected chi connectivity index (χ1v) is 8.24. The van der Waals surface area contributed by atoms with Crippen LogP contribution < -0.4 is 10.6 Å². The molecule has 0 aromatic rings. The molecule has 2 N–H and O–H groups in total. The van der Waals surface area contributed by atoms with Crippen molar-refractivity contribution in [1.82, 2.24) is 10.6 Å². The summed E-state index contributed by atoms with van der Waals surface area (Å²) in [7, 11) is 0. The Bertz CT molecular complexity index is 280. The fourth-order valence-electron chi connectivity index (χ4n) is 3.44. The Morgan fingerprint density at radius 1 is 1.10 bits per heavy atom. The van der Waals surface area contributed by atoms with Crippen molar-refractivity contribution < 1.29 is 4.79 Å². The molecule has 1 saturated carbocycles. The highest BCUT2D eigenvalue weighted by atomic mass is 35.5. The van der Waals surface area contributed by atoms with Crippen molar-refractivity contribution in [3.8, 4) is 0 Å². The molecule has 1 saturated heterocycles. The average molecular weight is 303 g/mol. The SMILES string of the molecule is CC1CCCC(NC(=O)CCC2CCNCC2)CC1.Cl. The number of halogens is 1. The van der Waals surface area contributed by atoms with Gasteiger partial charge < -0.3 is 10.6 Å². The Balaban J connectivity index is 0.00000200. The van der Waals surface area contributed by atoms with Crippen molar-refractivity contribution in [2.45, 2.75) is 70.8 Å². The molecule has 2 unspecified atom stereocenters. The van der Waals surface area contributed by atoms with Crippen molar-refractivity contribution >= 4 is 18.3 Å². The Hall–Kier alpha value is -0.280. The van der Waals surface area contributed by atoms with E-state index in [1.165, 1.54) is 44.9 Å². The van der Waals surface area contributed by atoms with Crippen LogP contribution >= 0.6 is 12.4 Å². The Morgan fingerprint density at radius 3 is 2.60 bits per heavy atom. The van der Waals surface area contributed by atoms with Crippen LogP contribution in [0, 0.1) is 11.8 Å². The molecule has 1 heterocycles. The average Bonchev–Trinajstić information content (AvgIpc) is 2.63. The van der Waals surface area contributed by atoms with Crippen molar-refractivity contribution in [2.24, 2.45) is 11.8 Å². The summed E-state index contributed by atoms with van der Waals surface area (Å²) < 4.78 is 0. The van der Waals surface area contributed by atoms with E-state index in [9.17, 15) is 4.79 Å². The Morgan fingerprint density at radius 2 is 1.85 bits per heavy atom. The van der Waals surface area contributed by atoms with E-state index in [1.807, 2.05) is 0 Å². The van der Waals surface area contributed by atoms with Crippen LogP contribution in [0.5, 0.6) is 0 Å². The normalized spacial score (nSPS) is 28.2. The van der Waals surface area contributed by atoms with E-state index in [2.05, 4.69) is 17.6 Å². The fraction of sp³-hybridized carbons (Fsp3) is 0.938. The molecule has 0 radical (unpaired) electrons. The van der Waals surface area contributed by atoms with Crippen molar-refractivity contribution in [3.05, 3.63) is 0 Å². The molecule has 2 fully saturated rings. The maximum atomic E-state index is 12.0. The highest BCUT2D eigenvalue weighted by molar-refractivity contribution is 5.85. The summed E-state index contributed by atoms with van der Waals surface area (Å²) in [6.45, 7) is 4.60. The molecule has 1 amide bonds. The third-order valence-electron chi connectivity index (χ3n) is 4.86. The molecule has 0 spiro atoms. The fourth-order valence-corrected chi connectivity index (χ4v) is 3.44. The predicted molar refractivity (Wildman–Crippen MR) is 86.3 cm³/mol. The molecule has 1 aliphatic carbocycles. The van der Waals surface area contributed by atoms with Gasteiger partial charge in [0, 0.05) is 12.5 Å². The molecule has 20 heavy (non-hydrogen) atoms. The van der Waals surface area contributed by atoms with Gasteiger partial charge in [0.15, 0.2) is 0 Å². The molecule has 2 aliphatic rings. The topological polar surface area (TPSA) is 41.1 Å². The molecule has 0 aromatic heterocycles. The second-order valence-electron chi connectivity index (χ2n) is 6.61. The highest BCUT2D eigenvalue weighted by Crippen LogP contribution is 2.23. The summed E-state index contributed by atoms with van der Waals surface area (Å²) >= 11 is 0. The lowest BCUT2D eigenvalue weighted by Gasteiger charge is -2.23. The lowest BCUT2D eigenvalue weighted by Crippen LogP contribution is -2.35. The number of hydrogen-bond acceptors (Lipinski definition) is 2. The molecule has 118 valence electrons. The van der Waals surface area contributed by atoms with Gasteiger partial charge in [-0.2, -0.15) is 0 Å². The minimum atomic E-state index is 0. The van der Waals surface area contributed by atoms with Gasteiger partial charge in [0.05, 0.1) is 0 Å². The van der Waals surface area contributed by atoms with E-state index in [0.717, 1.165) is 37.8 Å². The summed E-state index contributed by atoms with van der Waals surface area (Å²) in [6, 6.07) is 0.450. The number of nitrogens with one attached hydrogen (secondary N) is 2. The summed E-state index contributed by atoms with van der Waals surface area (Å²) in [4.78, 5) is 12.0. The first-order valence-electron chi connectivity index (χ1n) is 8.24. The molecular weight excluding hydrogens is 272 g/mol. The van der Waals surface area contributed by atoms with Crippen LogP contribution in [-0.4, -0.2) is 25.0 Å². The van der Waals surface area contributed by atoms with Crippen LogP contribution in [0.25, 0.3) is 0 Å². The van der Waals surface area contributed by atoms with Gasteiger partial charge in [0.1, 0.15) is 0 Å². The number of hydrogen-bond donors (Lipinski definition) is 2. The Kier molecular flexibility index (Phi) is 8.55. The Labute approximate surface area is 130 Å². The maximum absolute atomic E-state index is 12.0. The highest BCUT2D eigenvalue weighted by Gasteiger charge is 2.19. The quantitative estimate of drug-likeness (QED) is 0.783. The molecular formula is C16H31ClN2O. The summed E-state index contributed by atoms with van der Waals surface area (Å²) in [5, 5.41) is 6.64. The summed E-state index contributed by atoms with van der Waals surface area (Å²) in [6.07, 6.45) is 10.6. The second kappa shape index (κ2) is 9.62. The number of piperidine rings is 1. The van der Waals surface area contributed by atoms with Gasteiger partial charge in [-0.05, 0) is 63.5 Å². The van der Waals surface area contributed by atoms with Crippen LogP contribution in [0.2, 0.25) is 0 Å². The van der Waals surface area contributed by atoms with Gasteiger partial charge in [0.25, 0.3) is 0 Å². The van der Waals surface area contributed by atoms with E-state index < -0.39 is 0 Å². The van der Waals surface area contributed by atoms with Crippen molar-refractivity contribution in [1.29, 1.82) is 0 Å². The monoisotopic (exact) mass is 302 g/mol. The predicted octanol–water partition coefficient (Wildman–Crippen LogP) is 3.27. The zero-order valence-corrected chi connectivity index (χ0v) is 13.6. The summed E-state index contributed by atoms with van der Waals surface area (Å²) in [5.74, 6) is 1.90. The molecule has 0 aromatic carbocycles. The zero-order valence-electron chi connectivity index (χ0n) is 12.8. The molecule has 2 rings (SSSR count). The van der Waals surface area contributed by atoms with Crippen LogP contribution in [-0.2, 0) is 4.79 Å². The lowest BCUT2D eigenvalue weighted by molar-refractivity contribution is -0.122. The van der Waals surface area contributed by atoms with Crippen molar-refractivity contribution in [3.63, 3.8) is 0 Å².